The summed E-state index contributed by atoms with van der Waals surface area (Å²) in [5.41, 5.74) is -0.272. The van der Waals surface area contributed by atoms with Crippen LogP contribution in [-0.4, -0.2) is 11.1 Å². The molecule has 2 unspecified atom stereocenters. The van der Waals surface area contributed by atoms with Gasteiger partial charge < -0.3 is 5.11 Å². The minimum absolute atomic E-state index is 0.272. The zero-order valence-electron chi connectivity index (χ0n) is 7.83. The van der Waals surface area contributed by atoms with E-state index in [2.05, 4.69) is 0 Å². The molecular formula is C11H16O2. The topological polar surface area (TPSA) is 37.3 Å². The van der Waals surface area contributed by atoms with Crippen LogP contribution in [0.4, 0.5) is 0 Å². The fourth-order valence-corrected chi connectivity index (χ4v) is 3.47. The van der Waals surface area contributed by atoms with Gasteiger partial charge in [-0.1, -0.05) is 6.42 Å². The molecule has 0 saturated heterocycles. The fourth-order valence-electron chi connectivity index (χ4n) is 3.47. The summed E-state index contributed by atoms with van der Waals surface area (Å²) in [6.45, 7) is 0. The Labute approximate surface area is 78.3 Å². The maximum Gasteiger partial charge on any atom is 0.309 e. The van der Waals surface area contributed by atoms with E-state index in [1.807, 2.05) is 0 Å². The summed E-state index contributed by atoms with van der Waals surface area (Å²) in [4.78, 5) is 11.3. The van der Waals surface area contributed by atoms with Gasteiger partial charge in [0.2, 0.25) is 0 Å². The van der Waals surface area contributed by atoms with Gasteiger partial charge in [-0.15, -0.1) is 0 Å². The molecule has 0 aromatic rings. The van der Waals surface area contributed by atoms with E-state index in [1.54, 1.807) is 0 Å². The van der Waals surface area contributed by atoms with Crippen molar-refractivity contribution in [3.05, 3.63) is 0 Å². The third-order valence-corrected chi connectivity index (χ3v) is 4.63. The first kappa shape index (κ1) is 7.84. The average Bonchev–Trinajstić information content (AvgIpc) is 2.56. The fraction of sp³-hybridized carbons (Fsp3) is 0.909. The van der Waals surface area contributed by atoms with E-state index in [1.165, 1.54) is 25.7 Å². The first-order valence-electron chi connectivity index (χ1n) is 5.46. The Hall–Kier alpha value is -0.530. The van der Waals surface area contributed by atoms with Crippen LogP contribution in [0.15, 0.2) is 0 Å². The molecule has 3 aliphatic rings. The van der Waals surface area contributed by atoms with Crippen LogP contribution in [0.1, 0.15) is 38.5 Å². The van der Waals surface area contributed by atoms with Crippen LogP contribution in [0, 0.1) is 23.2 Å². The molecule has 1 N–H and O–H groups in total. The Morgan fingerprint density at radius 1 is 1.23 bits per heavy atom. The van der Waals surface area contributed by atoms with Crippen molar-refractivity contribution in [1.29, 1.82) is 0 Å². The van der Waals surface area contributed by atoms with Crippen molar-refractivity contribution in [3.8, 4) is 0 Å². The SMILES string of the molecule is O=C(O)C1(C2CCC2)CC2CC2C1. The van der Waals surface area contributed by atoms with Crippen LogP contribution in [-0.2, 0) is 4.79 Å². The van der Waals surface area contributed by atoms with Gasteiger partial charge in [-0.05, 0) is 49.9 Å². The normalized spacial score (nSPS) is 48.3. The van der Waals surface area contributed by atoms with Gasteiger partial charge in [-0.2, -0.15) is 0 Å². The minimum Gasteiger partial charge on any atom is -0.481 e. The van der Waals surface area contributed by atoms with E-state index < -0.39 is 5.97 Å². The summed E-state index contributed by atoms with van der Waals surface area (Å²) in [6.07, 6.45) is 6.92. The van der Waals surface area contributed by atoms with Crippen LogP contribution in [0.3, 0.4) is 0 Å². The van der Waals surface area contributed by atoms with Gasteiger partial charge in [0.25, 0.3) is 0 Å². The minimum atomic E-state index is -0.496. The molecule has 0 aromatic heterocycles. The van der Waals surface area contributed by atoms with Gasteiger partial charge in [0.1, 0.15) is 0 Å². The second-order valence-electron chi connectivity index (χ2n) is 5.25. The smallest absolute Gasteiger partial charge is 0.309 e. The Morgan fingerprint density at radius 3 is 2.23 bits per heavy atom. The summed E-state index contributed by atoms with van der Waals surface area (Å²) in [5.74, 6) is 1.61. The van der Waals surface area contributed by atoms with E-state index >= 15 is 0 Å². The number of carboxylic acid groups (broad SMARTS) is 1. The van der Waals surface area contributed by atoms with Crippen molar-refractivity contribution < 1.29 is 9.90 Å². The van der Waals surface area contributed by atoms with Gasteiger partial charge in [-0.25, -0.2) is 0 Å². The monoisotopic (exact) mass is 180 g/mol. The molecule has 2 nitrogen and oxygen atoms in total. The second-order valence-corrected chi connectivity index (χ2v) is 5.25. The zero-order valence-corrected chi connectivity index (χ0v) is 7.83. The predicted octanol–water partition coefficient (Wildman–Crippen LogP) is 2.29. The highest BCUT2D eigenvalue weighted by molar-refractivity contribution is 5.76. The number of fused-ring (bicyclic) bond motifs is 1. The van der Waals surface area contributed by atoms with Crippen molar-refractivity contribution in [3.63, 3.8) is 0 Å². The number of hydrogen-bond donors (Lipinski definition) is 1. The van der Waals surface area contributed by atoms with Gasteiger partial charge >= 0.3 is 5.97 Å². The van der Waals surface area contributed by atoms with Gasteiger partial charge in [-0.3, -0.25) is 4.79 Å². The van der Waals surface area contributed by atoms with Crippen molar-refractivity contribution in [2.45, 2.75) is 38.5 Å². The van der Waals surface area contributed by atoms with E-state index in [0.717, 1.165) is 24.7 Å². The quantitative estimate of drug-likeness (QED) is 0.708. The summed E-state index contributed by atoms with van der Waals surface area (Å²) in [5, 5.41) is 9.34. The lowest BCUT2D eigenvalue weighted by Crippen LogP contribution is -2.40. The summed E-state index contributed by atoms with van der Waals surface area (Å²) in [7, 11) is 0. The molecule has 72 valence electrons. The van der Waals surface area contributed by atoms with Gasteiger partial charge in [0.05, 0.1) is 5.41 Å². The molecular weight excluding hydrogens is 164 g/mol. The van der Waals surface area contributed by atoms with Crippen LogP contribution < -0.4 is 0 Å². The van der Waals surface area contributed by atoms with E-state index in [9.17, 15) is 9.90 Å². The molecule has 0 bridgehead atoms. The molecule has 0 aromatic carbocycles. The highest BCUT2D eigenvalue weighted by Gasteiger charge is 2.61. The maximum atomic E-state index is 11.3. The lowest BCUT2D eigenvalue weighted by Gasteiger charge is -2.40. The number of aliphatic carboxylic acids is 1. The van der Waals surface area contributed by atoms with Crippen LogP contribution in [0.25, 0.3) is 0 Å². The van der Waals surface area contributed by atoms with Crippen molar-refractivity contribution in [1.82, 2.24) is 0 Å². The van der Waals surface area contributed by atoms with Crippen molar-refractivity contribution in [2.24, 2.45) is 23.2 Å². The zero-order chi connectivity index (χ0) is 9.05. The lowest BCUT2D eigenvalue weighted by molar-refractivity contribution is -0.155. The summed E-state index contributed by atoms with van der Waals surface area (Å²) in [6, 6.07) is 0. The van der Waals surface area contributed by atoms with Gasteiger partial charge in [0, 0.05) is 0 Å². The molecule has 3 aliphatic carbocycles. The van der Waals surface area contributed by atoms with Gasteiger partial charge in [0.15, 0.2) is 0 Å². The number of rotatable bonds is 2. The molecule has 3 saturated carbocycles. The molecule has 2 atom stereocenters. The molecule has 0 spiro atoms. The lowest BCUT2D eigenvalue weighted by atomic mass is 9.63. The number of hydrogen-bond acceptors (Lipinski definition) is 1. The number of carboxylic acids is 1. The molecule has 2 heteroatoms. The summed E-state index contributed by atoms with van der Waals surface area (Å²) < 4.78 is 0. The first-order chi connectivity index (χ1) is 6.22. The third kappa shape index (κ3) is 0.918. The van der Waals surface area contributed by atoms with Crippen molar-refractivity contribution in [2.75, 3.05) is 0 Å². The molecule has 3 fully saturated rings. The Bertz CT molecular complexity index is 245. The van der Waals surface area contributed by atoms with Crippen molar-refractivity contribution >= 4 is 5.97 Å². The average molecular weight is 180 g/mol. The predicted molar refractivity (Wildman–Crippen MR) is 48.2 cm³/mol. The number of carbonyl (C=O) groups is 1. The van der Waals surface area contributed by atoms with E-state index in [-0.39, 0.29) is 5.41 Å². The Morgan fingerprint density at radius 2 is 1.85 bits per heavy atom. The second kappa shape index (κ2) is 2.28. The van der Waals surface area contributed by atoms with Crippen LogP contribution in [0.2, 0.25) is 0 Å². The molecule has 0 amide bonds. The third-order valence-electron chi connectivity index (χ3n) is 4.63. The first-order valence-corrected chi connectivity index (χ1v) is 5.46. The van der Waals surface area contributed by atoms with Crippen LogP contribution in [0.5, 0.6) is 0 Å². The van der Waals surface area contributed by atoms with E-state index in [4.69, 9.17) is 0 Å². The Balaban J connectivity index is 1.84. The largest absolute Gasteiger partial charge is 0.481 e. The molecule has 3 rings (SSSR count). The molecule has 0 heterocycles. The highest BCUT2D eigenvalue weighted by atomic mass is 16.4. The molecule has 13 heavy (non-hydrogen) atoms. The molecule has 0 aliphatic heterocycles. The summed E-state index contributed by atoms with van der Waals surface area (Å²) >= 11 is 0. The van der Waals surface area contributed by atoms with E-state index in [0.29, 0.717) is 5.92 Å². The highest BCUT2D eigenvalue weighted by Crippen LogP contribution is 2.65. The standard InChI is InChI=1S/C11H16O2/c12-10(13)11(9-2-1-3-9)5-7-4-8(7)6-11/h7-9H,1-6H2,(H,12,13). The molecule has 0 radical (unpaired) electrons. The Kier molecular flexibility index (Phi) is 1.38. The maximum absolute atomic E-state index is 11.3. The van der Waals surface area contributed by atoms with Crippen LogP contribution >= 0.6 is 0 Å².